The summed E-state index contributed by atoms with van der Waals surface area (Å²) in [7, 11) is 1.34. The monoisotopic (exact) mass is 452 g/mol. The van der Waals surface area contributed by atoms with Crippen molar-refractivity contribution < 1.29 is 14.3 Å². The van der Waals surface area contributed by atoms with Crippen LogP contribution in [0.2, 0.25) is 0 Å². The average Bonchev–Trinajstić information content (AvgIpc) is 3.26. The van der Waals surface area contributed by atoms with Crippen LogP contribution in [0.1, 0.15) is 31.8 Å². The van der Waals surface area contributed by atoms with E-state index in [-0.39, 0.29) is 5.91 Å². The van der Waals surface area contributed by atoms with Gasteiger partial charge in [0.2, 0.25) is 0 Å². The summed E-state index contributed by atoms with van der Waals surface area (Å²) in [5.74, 6) is -0.549. The number of amides is 1. The molecule has 2 heterocycles. The van der Waals surface area contributed by atoms with E-state index in [0.717, 1.165) is 43.4 Å². The Kier molecular flexibility index (Phi) is 6.72. The van der Waals surface area contributed by atoms with E-state index >= 15 is 0 Å². The quantitative estimate of drug-likeness (QED) is 0.579. The van der Waals surface area contributed by atoms with Crippen LogP contribution < -0.4 is 10.2 Å². The lowest BCUT2D eigenvalue weighted by atomic mass is 10.1. The van der Waals surface area contributed by atoms with Crippen LogP contribution in [0.15, 0.2) is 36.4 Å². The number of hydrogen-bond donors (Lipinski definition) is 1. The van der Waals surface area contributed by atoms with Crippen LogP contribution in [0.3, 0.4) is 0 Å². The number of carbonyl (C=O) groups excluding carboxylic acids is 2. The number of fused-ring (bicyclic) bond motifs is 1. The molecule has 3 aromatic rings. The van der Waals surface area contributed by atoms with Crippen molar-refractivity contribution in [3.63, 3.8) is 0 Å². The first kappa shape index (κ1) is 22.2. The van der Waals surface area contributed by atoms with Crippen LogP contribution in [0, 0.1) is 13.8 Å². The Morgan fingerprint density at radius 1 is 1.03 bits per heavy atom. The molecule has 8 heteroatoms. The van der Waals surface area contributed by atoms with E-state index in [1.165, 1.54) is 22.9 Å². The number of piperazine rings is 1. The third-order valence-corrected chi connectivity index (χ3v) is 7.08. The van der Waals surface area contributed by atoms with E-state index in [4.69, 9.17) is 4.98 Å². The van der Waals surface area contributed by atoms with Gasteiger partial charge >= 0.3 is 5.97 Å². The third kappa shape index (κ3) is 4.76. The molecule has 0 unspecified atom stereocenters. The number of nitrogens with zero attached hydrogens (tertiary/aromatic N) is 3. The van der Waals surface area contributed by atoms with Crippen molar-refractivity contribution in [3.05, 3.63) is 58.7 Å². The van der Waals surface area contributed by atoms with Crippen LogP contribution in [0.5, 0.6) is 0 Å². The topological polar surface area (TPSA) is 74.8 Å². The minimum absolute atomic E-state index is 0.139. The molecule has 2 aromatic carbocycles. The number of hydrogen-bond acceptors (Lipinski definition) is 7. The van der Waals surface area contributed by atoms with Gasteiger partial charge in [-0.1, -0.05) is 17.4 Å². The molecule has 0 radical (unpaired) electrons. The summed E-state index contributed by atoms with van der Waals surface area (Å²) in [4.78, 5) is 33.5. The van der Waals surface area contributed by atoms with Gasteiger partial charge in [0, 0.05) is 44.8 Å². The standard InChI is InChI=1S/C24H28N4O3S/c1-16-4-9-20-21(17(16)2)26-24(32-20)28-14-12-27(13-15-28)11-10-25-22(29)18-5-7-19(8-6-18)23(30)31-3/h4-9H,10-15H2,1-3H3,(H,25,29). The van der Waals surface area contributed by atoms with E-state index in [9.17, 15) is 9.59 Å². The summed E-state index contributed by atoms with van der Waals surface area (Å²) in [6, 6.07) is 10.8. The highest BCUT2D eigenvalue weighted by atomic mass is 32.1. The Hall–Kier alpha value is -2.97. The number of nitrogens with one attached hydrogen (secondary N) is 1. The summed E-state index contributed by atoms with van der Waals surface area (Å²) >= 11 is 1.76. The molecule has 0 bridgehead atoms. The zero-order valence-electron chi connectivity index (χ0n) is 18.7. The predicted molar refractivity (Wildman–Crippen MR) is 128 cm³/mol. The first-order valence-corrected chi connectivity index (χ1v) is 11.6. The molecule has 1 aliphatic heterocycles. The van der Waals surface area contributed by atoms with Crippen LogP contribution in [-0.4, -0.2) is 68.1 Å². The van der Waals surface area contributed by atoms with E-state index in [1.54, 1.807) is 35.6 Å². The highest BCUT2D eigenvalue weighted by Crippen LogP contribution is 2.32. The van der Waals surface area contributed by atoms with Crippen LogP contribution in [0.25, 0.3) is 10.2 Å². The highest BCUT2D eigenvalue weighted by molar-refractivity contribution is 7.22. The maximum absolute atomic E-state index is 12.3. The van der Waals surface area contributed by atoms with Crippen molar-refractivity contribution in [3.8, 4) is 0 Å². The number of aromatic nitrogens is 1. The largest absolute Gasteiger partial charge is 0.465 e. The van der Waals surface area contributed by atoms with Gasteiger partial charge in [0.25, 0.3) is 5.91 Å². The molecule has 0 spiro atoms. The summed E-state index contributed by atoms with van der Waals surface area (Å²) in [5, 5.41) is 4.05. The average molecular weight is 453 g/mol. The number of ether oxygens (including phenoxy) is 1. The summed E-state index contributed by atoms with van der Waals surface area (Å²) < 4.78 is 5.92. The number of benzene rings is 2. The summed E-state index contributed by atoms with van der Waals surface area (Å²) in [5.41, 5.74) is 4.62. The van der Waals surface area contributed by atoms with Gasteiger partial charge in [-0.25, -0.2) is 9.78 Å². The van der Waals surface area contributed by atoms with Crippen molar-refractivity contribution in [2.45, 2.75) is 13.8 Å². The normalized spacial score (nSPS) is 14.5. The Labute approximate surface area is 192 Å². The molecule has 1 fully saturated rings. The molecule has 1 aromatic heterocycles. The van der Waals surface area contributed by atoms with Gasteiger partial charge in [0.05, 0.1) is 22.9 Å². The number of anilines is 1. The van der Waals surface area contributed by atoms with Crippen LogP contribution >= 0.6 is 11.3 Å². The zero-order chi connectivity index (χ0) is 22.7. The highest BCUT2D eigenvalue weighted by Gasteiger charge is 2.20. The van der Waals surface area contributed by atoms with Gasteiger partial charge in [-0.3, -0.25) is 9.69 Å². The second-order valence-electron chi connectivity index (χ2n) is 8.00. The maximum atomic E-state index is 12.3. The van der Waals surface area contributed by atoms with E-state index in [2.05, 4.69) is 45.8 Å². The molecular formula is C24H28N4O3S. The zero-order valence-corrected chi connectivity index (χ0v) is 19.5. The molecule has 7 nitrogen and oxygen atoms in total. The molecule has 1 N–H and O–H groups in total. The van der Waals surface area contributed by atoms with Crippen molar-refractivity contribution in [1.82, 2.24) is 15.2 Å². The first-order chi connectivity index (χ1) is 15.5. The molecule has 0 aliphatic carbocycles. The van der Waals surface area contributed by atoms with Gasteiger partial charge < -0.3 is 15.0 Å². The second kappa shape index (κ2) is 9.67. The lowest BCUT2D eigenvalue weighted by Crippen LogP contribution is -2.48. The van der Waals surface area contributed by atoms with Gasteiger partial charge in [0.1, 0.15) is 0 Å². The lowest BCUT2D eigenvalue weighted by Gasteiger charge is -2.34. The first-order valence-electron chi connectivity index (χ1n) is 10.8. The Bertz CT molecular complexity index is 1120. The lowest BCUT2D eigenvalue weighted by molar-refractivity contribution is 0.0600. The van der Waals surface area contributed by atoms with E-state index < -0.39 is 5.97 Å². The van der Waals surface area contributed by atoms with E-state index in [1.807, 2.05) is 0 Å². The molecule has 1 amide bonds. The van der Waals surface area contributed by atoms with Gasteiger partial charge in [0.15, 0.2) is 5.13 Å². The molecule has 168 valence electrons. The Balaban J connectivity index is 1.24. The Morgan fingerprint density at radius 3 is 2.41 bits per heavy atom. The third-order valence-electron chi connectivity index (χ3n) is 6.00. The molecule has 0 atom stereocenters. The smallest absolute Gasteiger partial charge is 0.337 e. The molecular weight excluding hydrogens is 424 g/mol. The summed E-state index contributed by atoms with van der Waals surface area (Å²) in [6.07, 6.45) is 0. The van der Waals surface area contributed by atoms with Crippen LogP contribution in [-0.2, 0) is 4.74 Å². The number of rotatable bonds is 6. The molecule has 32 heavy (non-hydrogen) atoms. The number of thiazole rings is 1. The second-order valence-corrected chi connectivity index (χ2v) is 9.01. The fourth-order valence-corrected chi connectivity index (χ4v) is 4.89. The van der Waals surface area contributed by atoms with Crippen molar-refractivity contribution in [1.29, 1.82) is 0 Å². The molecule has 0 saturated carbocycles. The number of esters is 1. The van der Waals surface area contributed by atoms with Gasteiger partial charge in [-0.05, 0) is 55.3 Å². The summed E-state index contributed by atoms with van der Waals surface area (Å²) in [6.45, 7) is 9.40. The van der Waals surface area contributed by atoms with E-state index in [0.29, 0.717) is 17.7 Å². The maximum Gasteiger partial charge on any atom is 0.337 e. The van der Waals surface area contributed by atoms with Crippen molar-refractivity contribution >= 4 is 38.6 Å². The fourth-order valence-electron chi connectivity index (χ4n) is 3.82. The van der Waals surface area contributed by atoms with Crippen molar-refractivity contribution in [2.75, 3.05) is 51.3 Å². The fraction of sp³-hybridized carbons (Fsp3) is 0.375. The molecule has 1 saturated heterocycles. The Morgan fingerprint density at radius 2 is 1.72 bits per heavy atom. The van der Waals surface area contributed by atoms with Gasteiger partial charge in [-0.2, -0.15) is 0 Å². The molecule has 1 aliphatic rings. The van der Waals surface area contributed by atoms with Gasteiger partial charge in [-0.15, -0.1) is 0 Å². The SMILES string of the molecule is COC(=O)c1ccc(C(=O)NCCN2CCN(c3nc4c(C)c(C)ccc4s3)CC2)cc1. The van der Waals surface area contributed by atoms with Crippen molar-refractivity contribution in [2.24, 2.45) is 0 Å². The minimum Gasteiger partial charge on any atom is -0.465 e. The predicted octanol–water partition coefficient (Wildman–Crippen LogP) is 3.25. The molecule has 4 rings (SSSR count). The number of aryl methyl sites for hydroxylation is 2. The minimum atomic E-state index is -0.410. The number of carbonyl (C=O) groups is 2. The van der Waals surface area contributed by atoms with Crippen LogP contribution in [0.4, 0.5) is 5.13 Å². The number of methoxy groups -OCH3 is 1.